The average molecular weight is 421 g/mol. The summed E-state index contributed by atoms with van der Waals surface area (Å²) in [5.74, 6) is 1.23. The molecule has 11 nitrogen and oxygen atoms in total. The summed E-state index contributed by atoms with van der Waals surface area (Å²) in [6, 6.07) is 1.60. The molecule has 0 aromatic carbocycles. The average Bonchev–Trinajstić information content (AvgIpc) is 2.68. The number of carbonyl (C=O) groups excluding carboxylic acids is 1. The van der Waals surface area contributed by atoms with Gasteiger partial charge >= 0.3 is 0 Å². The van der Waals surface area contributed by atoms with E-state index in [9.17, 15) is 10.0 Å². The number of hydrogen-bond donors (Lipinski definition) is 1. The summed E-state index contributed by atoms with van der Waals surface area (Å²) in [5.41, 5.74) is 0. The fourth-order valence-corrected chi connectivity index (χ4v) is 3.60. The number of nitrogens with one attached hydrogen (secondary N) is 1. The Kier molecular flexibility index (Phi) is 6.35. The summed E-state index contributed by atoms with van der Waals surface area (Å²) < 4.78 is 10.6. The molecule has 0 atom stereocenters. The van der Waals surface area contributed by atoms with Crippen LogP contribution in [-0.2, 0) is 4.79 Å². The molecule has 1 amide bonds. The van der Waals surface area contributed by atoms with Gasteiger partial charge in [-0.25, -0.2) is 9.97 Å². The highest BCUT2D eigenvalue weighted by atomic mass is 32.2. The molecule has 3 rings (SSSR count). The van der Waals surface area contributed by atoms with Gasteiger partial charge in [0, 0.05) is 13.1 Å². The Hall–Kier alpha value is -2.70. The molecule has 1 N–H and O–H groups in total. The number of carbonyl (C=O) groups is 1. The van der Waals surface area contributed by atoms with Gasteiger partial charge in [-0.2, -0.15) is 9.97 Å². The number of anilines is 2. The van der Waals surface area contributed by atoms with E-state index in [-0.39, 0.29) is 10.6 Å². The van der Waals surface area contributed by atoms with Crippen LogP contribution in [0.15, 0.2) is 22.3 Å². The van der Waals surface area contributed by atoms with Gasteiger partial charge in [-0.15, -0.1) is 0 Å². The summed E-state index contributed by atoms with van der Waals surface area (Å²) in [7, 11) is 4.67. The number of hydrogen-bond acceptors (Lipinski definition) is 10. The van der Waals surface area contributed by atoms with Gasteiger partial charge in [0.2, 0.25) is 23.6 Å². The first-order valence-electron chi connectivity index (χ1n) is 8.90. The van der Waals surface area contributed by atoms with Gasteiger partial charge in [0.25, 0.3) is 0 Å². The third kappa shape index (κ3) is 5.22. The quantitative estimate of drug-likeness (QED) is 0.412. The first-order valence-corrected chi connectivity index (χ1v) is 9.72. The lowest BCUT2D eigenvalue weighted by Crippen LogP contribution is -2.54. The monoisotopic (exact) mass is 421 g/mol. The topological polar surface area (TPSA) is 125 Å². The SMILES string of the molecule is COc1nc(N2CC[N+](C)([O-])CC2)nc(OC)c1Sc1nccc(NC(C)=O)n1. The molecule has 0 bridgehead atoms. The Bertz CT molecular complexity index is 861. The molecule has 3 heterocycles. The highest BCUT2D eigenvalue weighted by Gasteiger charge is 2.26. The van der Waals surface area contributed by atoms with E-state index in [0.29, 0.717) is 59.8 Å². The summed E-state index contributed by atoms with van der Waals surface area (Å²) in [5, 5.41) is 15.1. The Morgan fingerprint density at radius 1 is 1.21 bits per heavy atom. The van der Waals surface area contributed by atoms with Crippen molar-refractivity contribution in [3.8, 4) is 11.8 Å². The van der Waals surface area contributed by atoms with E-state index < -0.39 is 0 Å². The van der Waals surface area contributed by atoms with Crippen LogP contribution in [0.2, 0.25) is 0 Å². The molecule has 29 heavy (non-hydrogen) atoms. The summed E-state index contributed by atoms with van der Waals surface area (Å²) >= 11 is 1.17. The molecule has 1 fully saturated rings. The van der Waals surface area contributed by atoms with Gasteiger partial charge in [0.15, 0.2) is 5.16 Å². The van der Waals surface area contributed by atoms with Crippen LogP contribution in [-0.4, -0.2) is 77.9 Å². The Morgan fingerprint density at radius 3 is 2.38 bits per heavy atom. The van der Waals surface area contributed by atoms with E-state index in [2.05, 4.69) is 25.3 Å². The van der Waals surface area contributed by atoms with Gasteiger partial charge in [-0.1, -0.05) is 0 Å². The highest BCUT2D eigenvalue weighted by Crippen LogP contribution is 2.39. The number of hydroxylamine groups is 3. The van der Waals surface area contributed by atoms with Crippen LogP contribution in [0, 0.1) is 5.21 Å². The smallest absolute Gasteiger partial charge is 0.236 e. The number of nitrogens with zero attached hydrogens (tertiary/aromatic N) is 6. The van der Waals surface area contributed by atoms with E-state index in [0.717, 1.165) is 0 Å². The maximum atomic E-state index is 12.1. The summed E-state index contributed by atoms with van der Waals surface area (Å²) in [6.45, 7) is 3.40. The summed E-state index contributed by atoms with van der Waals surface area (Å²) in [6.07, 6.45) is 1.54. The molecule has 2 aromatic rings. The minimum atomic E-state index is -0.277. The van der Waals surface area contributed by atoms with Crippen LogP contribution >= 0.6 is 11.8 Å². The van der Waals surface area contributed by atoms with Crippen molar-refractivity contribution in [3.63, 3.8) is 0 Å². The predicted octanol–water partition coefficient (Wildman–Crippen LogP) is 1.16. The van der Waals surface area contributed by atoms with E-state index in [1.54, 1.807) is 19.3 Å². The van der Waals surface area contributed by atoms with Crippen LogP contribution < -0.4 is 19.7 Å². The second-order valence-corrected chi connectivity index (χ2v) is 7.59. The van der Waals surface area contributed by atoms with Crippen molar-refractivity contribution in [1.29, 1.82) is 0 Å². The number of rotatable bonds is 6. The van der Waals surface area contributed by atoms with E-state index in [1.807, 2.05) is 4.90 Å². The fourth-order valence-electron chi connectivity index (χ4n) is 2.72. The largest absolute Gasteiger partial charge is 0.633 e. The van der Waals surface area contributed by atoms with Crippen molar-refractivity contribution < 1.29 is 18.9 Å². The van der Waals surface area contributed by atoms with Crippen LogP contribution in [0.5, 0.6) is 11.8 Å². The van der Waals surface area contributed by atoms with Gasteiger partial charge in [-0.05, 0) is 17.8 Å². The molecular weight excluding hydrogens is 398 g/mol. The van der Waals surface area contributed by atoms with Gasteiger partial charge < -0.3 is 29.5 Å². The number of likely N-dealkylation sites (N-methyl/N-ethyl adjacent to an activating group) is 1. The van der Waals surface area contributed by atoms with Crippen molar-refractivity contribution in [1.82, 2.24) is 19.9 Å². The van der Waals surface area contributed by atoms with E-state index in [1.165, 1.54) is 32.9 Å². The normalized spacial score (nSPS) is 15.7. The molecule has 0 aliphatic carbocycles. The maximum Gasteiger partial charge on any atom is 0.236 e. The molecule has 1 saturated heterocycles. The number of quaternary nitrogens is 1. The van der Waals surface area contributed by atoms with Crippen molar-refractivity contribution in [2.75, 3.05) is 57.7 Å². The Labute approximate surface area is 172 Å². The first-order chi connectivity index (χ1) is 13.8. The van der Waals surface area contributed by atoms with Crippen molar-refractivity contribution >= 4 is 29.4 Å². The molecular formula is C17H23N7O4S. The van der Waals surface area contributed by atoms with Crippen LogP contribution in [0.1, 0.15) is 6.92 Å². The zero-order valence-electron chi connectivity index (χ0n) is 16.7. The molecule has 0 saturated carbocycles. The number of methoxy groups -OCH3 is 2. The summed E-state index contributed by atoms with van der Waals surface area (Å²) in [4.78, 5) is 31.2. The second kappa shape index (κ2) is 8.76. The highest BCUT2D eigenvalue weighted by molar-refractivity contribution is 7.99. The number of ether oxygens (including phenoxy) is 2. The molecule has 156 valence electrons. The zero-order chi connectivity index (χ0) is 21.0. The third-order valence-corrected chi connectivity index (χ3v) is 5.21. The predicted molar refractivity (Wildman–Crippen MR) is 107 cm³/mol. The Morgan fingerprint density at radius 2 is 1.83 bits per heavy atom. The minimum Gasteiger partial charge on any atom is -0.633 e. The van der Waals surface area contributed by atoms with Gasteiger partial charge in [-0.3, -0.25) is 4.79 Å². The lowest BCUT2D eigenvalue weighted by Gasteiger charge is -2.45. The van der Waals surface area contributed by atoms with Crippen LogP contribution in [0.4, 0.5) is 11.8 Å². The molecule has 1 aliphatic heterocycles. The fraction of sp³-hybridized carbons (Fsp3) is 0.471. The van der Waals surface area contributed by atoms with E-state index >= 15 is 0 Å². The number of amides is 1. The third-order valence-electron chi connectivity index (χ3n) is 4.28. The molecule has 2 aromatic heterocycles. The van der Waals surface area contributed by atoms with Gasteiger partial charge in [0.05, 0.1) is 47.4 Å². The molecule has 12 heteroatoms. The number of aromatic nitrogens is 4. The molecule has 0 unspecified atom stereocenters. The molecule has 1 aliphatic rings. The minimum absolute atomic E-state index is 0.225. The number of piperazine rings is 1. The van der Waals surface area contributed by atoms with Crippen molar-refractivity contribution in [3.05, 3.63) is 17.5 Å². The van der Waals surface area contributed by atoms with Crippen molar-refractivity contribution in [2.45, 2.75) is 17.0 Å². The Balaban J connectivity index is 1.88. The lowest BCUT2D eigenvalue weighted by molar-refractivity contribution is -0.861. The second-order valence-electron chi connectivity index (χ2n) is 6.61. The van der Waals surface area contributed by atoms with Gasteiger partial charge in [0.1, 0.15) is 10.7 Å². The molecule has 0 radical (unpaired) electrons. The zero-order valence-corrected chi connectivity index (χ0v) is 17.5. The maximum absolute atomic E-state index is 12.1. The first kappa shape index (κ1) is 21.0. The van der Waals surface area contributed by atoms with Crippen LogP contribution in [0.3, 0.4) is 0 Å². The van der Waals surface area contributed by atoms with Crippen LogP contribution in [0.25, 0.3) is 0 Å². The molecule has 0 spiro atoms. The van der Waals surface area contributed by atoms with E-state index in [4.69, 9.17) is 9.47 Å². The lowest BCUT2D eigenvalue weighted by atomic mass is 10.3. The standard InChI is InChI=1S/C17H23N7O4S/c1-11(25)19-12-5-6-18-17(20-12)29-13-14(27-3)21-16(22-15(13)28-4)23-7-9-24(2,26)10-8-23/h5-6H,7-10H2,1-4H3,(H,18,19,20,25). The van der Waals surface area contributed by atoms with Crippen molar-refractivity contribution in [2.24, 2.45) is 0 Å².